The van der Waals surface area contributed by atoms with Crippen molar-refractivity contribution in [3.63, 3.8) is 0 Å². The maximum Gasteiger partial charge on any atom is 0.339 e. The van der Waals surface area contributed by atoms with Gasteiger partial charge in [-0.05, 0) is 61.9 Å². The first-order valence-electron chi connectivity index (χ1n) is 9.48. The normalized spacial score (nSPS) is 11.5. The van der Waals surface area contributed by atoms with Crippen molar-refractivity contribution < 1.29 is 17.4 Å². The van der Waals surface area contributed by atoms with E-state index in [0.29, 0.717) is 11.3 Å². The molecule has 3 rings (SSSR count). The van der Waals surface area contributed by atoms with Gasteiger partial charge in [-0.25, -0.2) is 0 Å². The van der Waals surface area contributed by atoms with Crippen LogP contribution in [0.2, 0.25) is 5.02 Å². The molecule has 0 fully saturated rings. The zero-order chi connectivity index (χ0) is 23.3. The van der Waals surface area contributed by atoms with Crippen LogP contribution in [0.15, 0.2) is 77.2 Å². The predicted molar refractivity (Wildman–Crippen MR) is 124 cm³/mol. The fourth-order valence-corrected chi connectivity index (χ4v) is 3.92. The van der Waals surface area contributed by atoms with Gasteiger partial charge in [0.15, 0.2) is 5.75 Å². The molecule has 0 heterocycles. The largest absolute Gasteiger partial charge is 0.377 e. The van der Waals surface area contributed by atoms with Crippen molar-refractivity contribution in [3.8, 4) is 11.8 Å². The number of amides is 1. The molecule has 1 N–H and O–H groups in total. The summed E-state index contributed by atoms with van der Waals surface area (Å²) < 4.78 is 30.1. The van der Waals surface area contributed by atoms with Crippen LogP contribution in [0.5, 0.6) is 5.75 Å². The van der Waals surface area contributed by atoms with Crippen LogP contribution in [0.4, 0.5) is 5.69 Å². The van der Waals surface area contributed by atoms with E-state index in [2.05, 4.69) is 5.32 Å². The van der Waals surface area contributed by atoms with E-state index in [0.717, 1.165) is 11.1 Å². The quantitative estimate of drug-likeness (QED) is 0.303. The maximum atomic E-state index is 12.5. The van der Waals surface area contributed by atoms with Gasteiger partial charge in [0.25, 0.3) is 5.91 Å². The molecule has 162 valence electrons. The number of carbonyl (C=O) groups excluding carboxylic acids is 1. The van der Waals surface area contributed by atoms with Crippen LogP contribution in [-0.4, -0.2) is 14.3 Å². The number of rotatable bonds is 6. The Morgan fingerprint density at radius 1 is 1.00 bits per heavy atom. The first-order chi connectivity index (χ1) is 15.2. The van der Waals surface area contributed by atoms with E-state index < -0.39 is 16.0 Å². The minimum absolute atomic E-state index is 0.00248. The highest BCUT2D eigenvalue weighted by molar-refractivity contribution is 7.87. The monoisotopic (exact) mass is 466 g/mol. The summed E-state index contributed by atoms with van der Waals surface area (Å²) >= 11 is 6.20. The molecule has 0 atom stereocenters. The van der Waals surface area contributed by atoms with Crippen LogP contribution in [0.1, 0.15) is 16.7 Å². The molecule has 8 heteroatoms. The Labute approximate surface area is 191 Å². The molecule has 3 aromatic rings. The number of carbonyl (C=O) groups is 1. The molecular weight excluding hydrogens is 448 g/mol. The molecule has 0 saturated carbocycles. The number of benzene rings is 3. The van der Waals surface area contributed by atoms with Gasteiger partial charge in [0.05, 0.1) is 5.02 Å². The zero-order valence-electron chi connectivity index (χ0n) is 17.3. The maximum absolute atomic E-state index is 12.5. The van der Waals surface area contributed by atoms with Crippen molar-refractivity contribution in [1.29, 1.82) is 5.26 Å². The standard InChI is InChI=1S/C24H19ClN2O4S/c1-16-3-8-20(9-4-16)27-24(28)19(15-26)13-18-7-12-23(22(25)14-18)31-32(29,30)21-10-5-17(2)6-11-21/h3-14H,1-2H3,(H,27,28)/b19-13+. The highest BCUT2D eigenvalue weighted by atomic mass is 35.5. The van der Waals surface area contributed by atoms with Crippen LogP contribution < -0.4 is 9.50 Å². The summed E-state index contributed by atoms with van der Waals surface area (Å²) in [4.78, 5) is 12.4. The Bertz CT molecular complexity index is 1320. The van der Waals surface area contributed by atoms with Crippen molar-refractivity contribution in [2.75, 3.05) is 5.32 Å². The molecule has 0 aromatic heterocycles. The van der Waals surface area contributed by atoms with E-state index in [9.17, 15) is 18.5 Å². The van der Waals surface area contributed by atoms with Crippen LogP contribution in [0, 0.1) is 25.2 Å². The van der Waals surface area contributed by atoms with Crippen LogP contribution in [0.3, 0.4) is 0 Å². The number of nitrogens with one attached hydrogen (secondary N) is 1. The second-order valence-corrected chi connectivity index (χ2v) is 8.98. The minimum atomic E-state index is -4.06. The number of hydrogen-bond donors (Lipinski definition) is 1. The van der Waals surface area contributed by atoms with Gasteiger partial charge in [-0.3, -0.25) is 4.79 Å². The van der Waals surface area contributed by atoms with E-state index >= 15 is 0 Å². The molecule has 3 aromatic carbocycles. The smallest absolute Gasteiger partial charge is 0.339 e. The summed E-state index contributed by atoms with van der Waals surface area (Å²) in [6, 6.07) is 19.5. The molecule has 0 saturated heterocycles. The predicted octanol–water partition coefficient (Wildman–Crippen LogP) is 5.27. The van der Waals surface area contributed by atoms with Crippen LogP contribution >= 0.6 is 11.6 Å². The molecule has 0 aliphatic rings. The second-order valence-electron chi connectivity index (χ2n) is 7.03. The number of aryl methyl sites for hydroxylation is 2. The number of nitrogens with zero attached hydrogens (tertiary/aromatic N) is 1. The minimum Gasteiger partial charge on any atom is -0.377 e. The summed E-state index contributed by atoms with van der Waals surface area (Å²) in [5.41, 5.74) is 2.82. The summed E-state index contributed by atoms with van der Waals surface area (Å²) in [7, 11) is -4.06. The molecule has 0 aliphatic heterocycles. The van der Waals surface area contributed by atoms with Gasteiger partial charge < -0.3 is 9.50 Å². The average Bonchev–Trinajstić information content (AvgIpc) is 2.75. The van der Waals surface area contributed by atoms with Crippen molar-refractivity contribution in [1.82, 2.24) is 0 Å². The number of anilines is 1. The lowest BCUT2D eigenvalue weighted by Crippen LogP contribution is -2.13. The third kappa shape index (κ3) is 5.76. The molecule has 0 aliphatic carbocycles. The zero-order valence-corrected chi connectivity index (χ0v) is 18.9. The lowest BCUT2D eigenvalue weighted by atomic mass is 10.1. The fourth-order valence-electron chi connectivity index (χ4n) is 2.70. The number of halogens is 1. The van der Waals surface area contributed by atoms with Crippen molar-refractivity contribution >= 4 is 39.4 Å². The van der Waals surface area contributed by atoms with E-state index in [-0.39, 0.29) is 21.2 Å². The van der Waals surface area contributed by atoms with Gasteiger partial charge in [-0.2, -0.15) is 13.7 Å². The number of nitriles is 1. The van der Waals surface area contributed by atoms with E-state index in [1.165, 1.54) is 36.4 Å². The molecular formula is C24H19ClN2O4S. The highest BCUT2D eigenvalue weighted by Gasteiger charge is 2.18. The van der Waals surface area contributed by atoms with E-state index in [4.69, 9.17) is 15.8 Å². The lowest BCUT2D eigenvalue weighted by Gasteiger charge is -2.09. The molecule has 1 amide bonds. The van der Waals surface area contributed by atoms with E-state index in [1.54, 1.807) is 24.3 Å². The fraction of sp³-hybridized carbons (Fsp3) is 0.0833. The highest BCUT2D eigenvalue weighted by Crippen LogP contribution is 2.29. The van der Waals surface area contributed by atoms with Crippen molar-refractivity contribution in [3.05, 3.63) is 94.0 Å². The lowest BCUT2D eigenvalue weighted by molar-refractivity contribution is -0.112. The Morgan fingerprint density at radius 2 is 1.59 bits per heavy atom. The summed E-state index contributed by atoms with van der Waals surface area (Å²) in [5.74, 6) is -0.637. The molecule has 0 unspecified atom stereocenters. The first kappa shape index (κ1) is 23.1. The Morgan fingerprint density at radius 3 is 2.16 bits per heavy atom. The molecule has 6 nitrogen and oxygen atoms in total. The van der Waals surface area contributed by atoms with Crippen LogP contribution in [-0.2, 0) is 14.9 Å². The third-order valence-corrected chi connectivity index (χ3v) is 5.99. The Hall–Kier alpha value is -3.60. The van der Waals surface area contributed by atoms with Crippen molar-refractivity contribution in [2.24, 2.45) is 0 Å². The van der Waals surface area contributed by atoms with Gasteiger partial charge in [0, 0.05) is 5.69 Å². The topological polar surface area (TPSA) is 96.3 Å². The summed E-state index contributed by atoms with van der Waals surface area (Å²) in [6.07, 6.45) is 1.35. The summed E-state index contributed by atoms with van der Waals surface area (Å²) in [6.45, 7) is 3.77. The van der Waals surface area contributed by atoms with Gasteiger partial charge in [0.2, 0.25) is 0 Å². The Kier molecular flexibility index (Phi) is 6.98. The van der Waals surface area contributed by atoms with Crippen LogP contribution in [0.25, 0.3) is 6.08 Å². The van der Waals surface area contributed by atoms with Gasteiger partial charge in [-0.15, -0.1) is 0 Å². The molecule has 0 bridgehead atoms. The number of hydrogen-bond acceptors (Lipinski definition) is 5. The first-order valence-corrected chi connectivity index (χ1v) is 11.3. The average molecular weight is 467 g/mol. The molecule has 0 radical (unpaired) electrons. The Balaban J connectivity index is 1.79. The van der Waals surface area contributed by atoms with Gasteiger partial charge >= 0.3 is 10.1 Å². The molecule has 32 heavy (non-hydrogen) atoms. The SMILES string of the molecule is Cc1ccc(NC(=O)/C(C#N)=C/c2ccc(OS(=O)(=O)c3ccc(C)cc3)c(Cl)c2)cc1. The van der Waals surface area contributed by atoms with Gasteiger partial charge in [0.1, 0.15) is 16.5 Å². The third-order valence-electron chi connectivity index (χ3n) is 4.45. The second kappa shape index (κ2) is 9.69. The van der Waals surface area contributed by atoms with E-state index in [1.807, 2.05) is 32.0 Å². The summed E-state index contributed by atoms with van der Waals surface area (Å²) in [5, 5.41) is 12.1. The molecule has 0 spiro atoms. The van der Waals surface area contributed by atoms with Gasteiger partial charge in [-0.1, -0.05) is 53.1 Å². The van der Waals surface area contributed by atoms with Crippen molar-refractivity contribution in [2.45, 2.75) is 18.7 Å².